The molecule has 6 heteroatoms. The first-order chi connectivity index (χ1) is 12.0. The summed E-state index contributed by atoms with van der Waals surface area (Å²) in [5, 5.41) is 2.95. The highest BCUT2D eigenvalue weighted by atomic mass is 19.1. The molecule has 2 aromatic rings. The minimum absolute atomic E-state index is 0.290. The molecule has 1 N–H and O–H groups in total. The average molecular weight is 336 g/mol. The van der Waals surface area contributed by atoms with Crippen molar-refractivity contribution in [3.63, 3.8) is 0 Å². The van der Waals surface area contributed by atoms with E-state index in [0.717, 1.165) is 4.90 Å². The van der Waals surface area contributed by atoms with Crippen LogP contribution in [0.1, 0.15) is 33.0 Å². The summed E-state index contributed by atoms with van der Waals surface area (Å²) in [6, 6.07) is 11.2. The Labute approximate surface area is 142 Å². The van der Waals surface area contributed by atoms with Crippen LogP contribution < -0.4 is 5.32 Å². The lowest BCUT2D eigenvalue weighted by molar-refractivity contribution is -0.138. The second-order valence-corrected chi connectivity index (χ2v) is 6.73. The third-order valence-corrected chi connectivity index (χ3v) is 5.67. The first-order valence-electron chi connectivity index (χ1n) is 8.00. The minimum atomic E-state index is -1.13. The van der Waals surface area contributed by atoms with Crippen LogP contribution in [0.2, 0.25) is 0 Å². The van der Waals surface area contributed by atoms with Gasteiger partial charge in [-0.25, -0.2) is 4.39 Å². The Hall–Kier alpha value is -3.02. The van der Waals surface area contributed by atoms with E-state index in [1.807, 2.05) is 0 Å². The van der Waals surface area contributed by atoms with Gasteiger partial charge >= 0.3 is 0 Å². The number of hydrogen-bond donors (Lipinski definition) is 1. The van der Waals surface area contributed by atoms with Gasteiger partial charge in [-0.05, 0) is 34.9 Å². The van der Waals surface area contributed by atoms with Crippen molar-refractivity contribution in [1.82, 2.24) is 10.2 Å². The van der Waals surface area contributed by atoms with Gasteiger partial charge in [0.15, 0.2) is 0 Å². The Morgan fingerprint density at radius 3 is 2.60 bits per heavy atom. The number of likely N-dealkylation sites (N-methyl/N-ethyl adjacent to an activating group) is 1. The molecule has 3 atom stereocenters. The van der Waals surface area contributed by atoms with Gasteiger partial charge in [-0.1, -0.05) is 24.3 Å². The number of fused-ring (bicyclic) bond motifs is 7. The number of rotatable bonds is 0. The maximum atomic E-state index is 13.9. The van der Waals surface area contributed by atoms with E-state index in [2.05, 4.69) is 5.32 Å². The lowest BCUT2D eigenvalue weighted by Crippen LogP contribution is -2.48. The zero-order chi connectivity index (χ0) is 17.5. The lowest BCUT2D eigenvalue weighted by atomic mass is 9.77. The second kappa shape index (κ2) is 4.33. The number of benzene rings is 2. The Bertz CT molecular complexity index is 1000. The molecule has 124 valence electrons. The standard InChI is InChI=1S/C19H13FN2O3/c1-22-17(24)14-11-8-9(20)6-7-13(11)19(15(14)18(22)25)12-5-3-2-4-10(12)16(23)21-19/h2-8,14-15H,1H3,(H,21,23). The number of carbonyl (C=O) groups is 3. The Kier molecular flexibility index (Phi) is 2.48. The van der Waals surface area contributed by atoms with Crippen LogP contribution in [-0.2, 0) is 15.1 Å². The van der Waals surface area contributed by atoms with Crippen molar-refractivity contribution in [2.45, 2.75) is 11.5 Å². The maximum Gasteiger partial charge on any atom is 0.252 e. The molecule has 2 aliphatic heterocycles. The highest BCUT2D eigenvalue weighted by Gasteiger charge is 2.66. The molecule has 5 rings (SSSR count). The van der Waals surface area contributed by atoms with E-state index in [0.29, 0.717) is 22.3 Å². The predicted molar refractivity (Wildman–Crippen MR) is 85.1 cm³/mol. The van der Waals surface area contributed by atoms with Crippen LogP contribution in [0.5, 0.6) is 0 Å². The van der Waals surface area contributed by atoms with Gasteiger partial charge in [-0.3, -0.25) is 19.3 Å². The van der Waals surface area contributed by atoms with E-state index in [9.17, 15) is 18.8 Å². The molecule has 0 radical (unpaired) electrons. The molecule has 3 amide bonds. The molecule has 0 saturated carbocycles. The third kappa shape index (κ3) is 1.46. The van der Waals surface area contributed by atoms with E-state index < -0.39 is 23.2 Å². The van der Waals surface area contributed by atoms with Gasteiger partial charge in [-0.2, -0.15) is 0 Å². The molecule has 1 saturated heterocycles. The molecular formula is C19H13FN2O3. The van der Waals surface area contributed by atoms with E-state index in [4.69, 9.17) is 0 Å². The third-order valence-electron chi connectivity index (χ3n) is 5.67. The van der Waals surface area contributed by atoms with Crippen molar-refractivity contribution in [3.8, 4) is 0 Å². The van der Waals surface area contributed by atoms with Gasteiger partial charge in [0.25, 0.3) is 5.91 Å². The number of amides is 3. The van der Waals surface area contributed by atoms with Crippen molar-refractivity contribution in [3.05, 3.63) is 70.5 Å². The lowest BCUT2D eigenvalue weighted by Gasteiger charge is -2.32. The highest BCUT2D eigenvalue weighted by Crippen LogP contribution is 2.58. The summed E-state index contributed by atoms with van der Waals surface area (Å²) in [6.45, 7) is 0. The second-order valence-electron chi connectivity index (χ2n) is 6.73. The zero-order valence-corrected chi connectivity index (χ0v) is 13.2. The number of carbonyl (C=O) groups excluding carboxylic acids is 3. The van der Waals surface area contributed by atoms with Crippen LogP contribution in [0.15, 0.2) is 42.5 Å². The highest BCUT2D eigenvalue weighted by molar-refractivity contribution is 6.12. The van der Waals surface area contributed by atoms with Crippen molar-refractivity contribution >= 4 is 17.7 Å². The summed E-state index contributed by atoms with van der Waals surface area (Å²) in [6.07, 6.45) is 0. The summed E-state index contributed by atoms with van der Waals surface area (Å²) < 4.78 is 13.9. The molecule has 2 aromatic carbocycles. The fourth-order valence-corrected chi connectivity index (χ4v) is 4.67. The molecule has 0 bridgehead atoms. The number of hydrogen-bond acceptors (Lipinski definition) is 3. The van der Waals surface area contributed by atoms with Crippen LogP contribution in [0.25, 0.3) is 0 Å². The fourth-order valence-electron chi connectivity index (χ4n) is 4.67. The monoisotopic (exact) mass is 336 g/mol. The molecule has 1 spiro atoms. The van der Waals surface area contributed by atoms with Gasteiger partial charge in [0.2, 0.25) is 11.8 Å². The number of nitrogens with zero attached hydrogens (tertiary/aromatic N) is 1. The van der Waals surface area contributed by atoms with Gasteiger partial charge in [0, 0.05) is 12.6 Å². The van der Waals surface area contributed by atoms with Crippen LogP contribution >= 0.6 is 0 Å². The summed E-state index contributed by atoms with van der Waals surface area (Å²) in [5.41, 5.74) is 1.12. The Morgan fingerprint density at radius 1 is 1.04 bits per heavy atom. The Morgan fingerprint density at radius 2 is 1.80 bits per heavy atom. The molecule has 3 aliphatic rings. The van der Waals surface area contributed by atoms with Gasteiger partial charge in [-0.15, -0.1) is 0 Å². The van der Waals surface area contributed by atoms with Crippen LogP contribution in [-0.4, -0.2) is 29.7 Å². The molecule has 5 nitrogen and oxygen atoms in total. The first kappa shape index (κ1) is 14.3. The molecule has 25 heavy (non-hydrogen) atoms. The largest absolute Gasteiger partial charge is 0.337 e. The van der Waals surface area contributed by atoms with Gasteiger partial charge < -0.3 is 5.32 Å². The molecule has 0 aromatic heterocycles. The molecule has 2 heterocycles. The predicted octanol–water partition coefficient (Wildman–Crippen LogP) is 1.52. The van der Waals surface area contributed by atoms with Crippen molar-refractivity contribution in [2.75, 3.05) is 7.05 Å². The number of nitrogens with one attached hydrogen (secondary N) is 1. The molecule has 1 aliphatic carbocycles. The van der Waals surface area contributed by atoms with Crippen LogP contribution in [0, 0.1) is 11.7 Å². The normalized spacial score (nSPS) is 29.0. The molecule has 1 fully saturated rings. The zero-order valence-electron chi connectivity index (χ0n) is 13.2. The number of likely N-dealkylation sites (tertiary alicyclic amines) is 1. The topological polar surface area (TPSA) is 66.5 Å². The number of imide groups is 1. The Balaban J connectivity index is 1.89. The van der Waals surface area contributed by atoms with E-state index in [1.54, 1.807) is 30.3 Å². The maximum absolute atomic E-state index is 13.9. The van der Waals surface area contributed by atoms with Crippen molar-refractivity contribution < 1.29 is 18.8 Å². The number of halogens is 1. The average Bonchev–Trinajstić information content (AvgIpc) is 3.14. The van der Waals surface area contributed by atoms with E-state index >= 15 is 0 Å². The molecular weight excluding hydrogens is 323 g/mol. The smallest absolute Gasteiger partial charge is 0.252 e. The van der Waals surface area contributed by atoms with E-state index in [-0.39, 0.29) is 17.7 Å². The SMILES string of the molecule is CN1C(=O)C2c3cc(F)ccc3C3(NC(=O)c4ccccc43)C2C1=O. The quantitative estimate of drug-likeness (QED) is 0.742. The first-order valence-corrected chi connectivity index (χ1v) is 8.00. The van der Waals surface area contributed by atoms with Crippen molar-refractivity contribution in [2.24, 2.45) is 5.92 Å². The van der Waals surface area contributed by atoms with Gasteiger partial charge in [0.05, 0.1) is 11.8 Å². The summed E-state index contributed by atoms with van der Waals surface area (Å²) >= 11 is 0. The fraction of sp³-hybridized carbons (Fsp3) is 0.211. The summed E-state index contributed by atoms with van der Waals surface area (Å²) in [4.78, 5) is 39.2. The summed E-state index contributed by atoms with van der Waals surface area (Å²) in [5.74, 6) is -3.06. The van der Waals surface area contributed by atoms with Crippen molar-refractivity contribution in [1.29, 1.82) is 0 Å². The molecule has 3 unspecified atom stereocenters. The van der Waals surface area contributed by atoms with Crippen LogP contribution in [0.3, 0.4) is 0 Å². The van der Waals surface area contributed by atoms with E-state index in [1.165, 1.54) is 19.2 Å². The van der Waals surface area contributed by atoms with Crippen LogP contribution in [0.4, 0.5) is 4.39 Å². The van der Waals surface area contributed by atoms with Gasteiger partial charge in [0.1, 0.15) is 11.4 Å². The minimum Gasteiger partial charge on any atom is -0.337 e. The summed E-state index contributed by atoms with van der Waals surface area (Å²) in [7, 11) is 1.43.